The lowest BCUT2D eigenvalue weighted by molar-refractivity contribution is -0.111. The van der Waals surface area contributed by atoms with E-state index in [9.17, 15) is 4.79 Å². The Kier molecular flexibility index (Phi) is 7.78. The average molecular weight is 400 g/mol. The van der Waals surface area contributed by atoms with Crippen molar-refractivity contribution in [2.75, 3.05) is 23.8 Å². The van der Waals surface area contributed by atoms with Crippen molar-refractivity contribution in [3.63, 3.8) is 0 Å². The lowest BCUT2D eigenvalue weighted by Gasteiger charge is -2.18. The molecule has 0 fully saturated rings. The van der Waals surface area contributed by atoms with Crippen molar-refractivity contribution in [3.05, 3.63) is 84.6 Å². The molecule has 1 aromatic heterocycles. The molecule has 0 aliphatic heterocycles. The van der Waals surface area contributed by atoms with E-state index in [-0.39, 0.29) is 5.91 Å². The first-order valence-corrected chi connectivity index (χ1v) is 10.5. The summed E-state index contributed by atoms with van der Waals surface area (Å²) >= 11 is 0. The molecule has 0 atom stereocenters. The molecule has 3 rings (SSSR count). The number of nitrogens with zero attached hydrogens (tertiary/aromatic N) is 2. The summed E-state index contributed by atoms with van der Waals surface area (Å²) < 4.78 is 0. The molecule has 2 aromatic carbocycles. The summed E-state index contributed by atoms with van der Waals surface area (Å²) in [6.07, 6.45) is 8.80. The fourth-order valence-electron chi connectivity index (χ4n) is 3.22. The molecule has 0 aliphatic carbocycles. The predicted octanol–water partition coefficient (Wildman–Crippen LogP) is 6.03. The van der Waals surface area contributed by atoms with Gasteiger partial charge in [0, 0.05) is 31.6 Å². The minimum absolute atomic E-state index is 0.151. The maximum absolute atomic E-state index is 12.3. The Morgan fingerprint density at radius 2 is 1.80 bits per heavy atom. The van der Waals surface area contributed by atoms with Crippen LogP contribution < -0.4 is 10.2 Å². The maximum atomic E-state index is 12.3. The zero-order chi connectivity index (χ0) is 21.2. The number of pyridine rings is 1. The zero-order valence-corrected chi connectivity index (χ0v) is 17.7. The number of hydrogen-bond donors (Lipinski definition) is 1. The standard InChI is InChI=1S/C26H29N3O/c1-3-4-8-18-29(2)25-20-23(16-17-27-25)22-12-9-13-24(19-22)28-26(30)15-14-21-10-6-5-7-11-21/h5-7,9-17,19-20H,3-4,8,18H2,1-2H3,(H,28,30). The molecule has 3 aromatic rings. The van der Waals surface area contributed by atoms with E-state index in [1.807, 2.05) is 72.9 Å². The second kappa shape index (κ2) is 11.0. The van der Waals surface area contributed by atoms with E-state index in [1.165, 1.54) is 12.8 Å². The average Bonchev–Trinajstić information content (AvgIpc) is 2.79. The van der Waals surface area contributed by atoms with E-state index in [0.717, 1.165) is 41.2 Å². The van der Waals surface area contributed by atoms with E-state index in [2.05, 4.69) is 35.2 Å². The molecule has 0 radical (unpaired) electrons. The molecule has 0 unspecified atom stereocenters. The largest absolute Gasteiger partial charge is 0.360 e. The molecule has 0 saturated carbocycles. The third-order valence-corrected chi connectivity index (χ3v) is 4.92. The highest BCUT2D eigenvalue weighted by atomic mass is 16.1. The van der Waals surface area contributed by atoms with Crippen LogP contribution in [0.15, 0.2) is 79.0 Å². The van der Waals surface area contributed by atoms with Crippen molar-refractivity contribution in [3.8, 4) is 11.1 Å². The normalized spacial score (nSPS) is 10.9. The minimum Gasteiger partial charge on any atom is -0.360 e. The van der Waals surface area contributed by atoms with Gasteiger partial charge in [-0.15, -0.1) is 0 Å². The molecule has 4 heteroatoms. The molecule has 1 amide bonds. The smallest absolute Gasteiger partial charge is 0.248 e. The van der Waals surface area contributed by atoms with Crippen molar-refractivity contribution in [2.45, 2.75) is 26.2 Å². The Morgan fingerprint density at radius 1 is 1.00 bits per heavy atom. The number of amides is 1. The van der Waals surface area contributed by atoms with Gasteiger partial charge in [-0.3, -0.25) is 4.79 Å². The summed E-state index contributed by atoms with van der Waals surface area (Å²) in [6, 6.07) is 21.8. The Bertz CT molecular complexity index is 982. The Balaban J connectivity index is 1.68. The summed E-state index contributed by atoms with van der Waals surface area (Å²) in [5.74, 6) is 0.811. The minimum atomic E-state index is -0.151. The highest BCUT2D eigenvalue weighted by Crippen LogP contribution is 2.25. The topological polar surface area (TPSA) is 45.2 Å². The Hall–Kier alpha value is -3.40. The Labute approximate surface area is 179 Å². The fraction of sp³-hybridized carbons (Fsp3) is 0.231. The van der Waals surface area contributed by atoms with Crippen molar-refractivity contribution in [1.82, 2.24) is 4.98 Å². The third kappa shape index (κ3) is 6.31. The number of aromatic nitrogens is 1. The number of anilines is 2. The lowest BCUT2D eigenvalue weighted by atomic mass is 10.1. The van der Waals surface area contributed by atoms with Gasteiger partial charge in [0.1, 0.15) is 5.82 Å². The van der Waals surface area contributed by atoms with Crippen molar-refractivity contribution >= 4 is 23.5 Å². The van der Waals surface area contributed by atoms with Crippen molar-refractivity contribution in [2.24, 2.45) is 0 Å². The van der Waals surface area contributed by atoms with Gasteiger partial charge in [0.05, 0.1) is 0 Å². The van der Waals surface area contributed by atoms with Crippen LogP contribution in [0.3, 0.4) is 0 Å². The SMILES string of the molecule is CCCCCN(C)c1cc(-c2cccc(NC(=O)C=Cc3ccccc3)c2)ccn1. The molecule has 4 nitrogen and oxygen atoms in total. The van der Waals surface area contributed by atoms with E-state index in [0.29, 0.717) is 0 Å². The van der Waals surface area contributed by atoms with Crippen LogP contribution >= 0.6 is 0 Å². The number of nitrogens with one attached hydrogen (secondary N) is 1. The van der Waals surface area contributed by atoms with E-state index in [1.54, 1.807) is 6.08 Å². The van der Waals surface area contributed by atoms with Gasteiger partial charge in [0.2, 0.25) is 5.91 Å². The zero-order valence-electron chi connectivity index (χ0n) is 17.7. The van der Waals surface area contributed by atoms with Gasteiger partial charge in [0.25, 0.3) is 0 Å². The highest BCUT2D eigenvalue weighted by molar-refractivity contribution is 6.02. The van der Waals surface area contributed by atoms with Gasteiger partial charge in [-0.05, 0) is 53.5 Å². The van der Waals surface area contributed by atoms with Gasteiger partial charge >= 0.3 is 0 Å². The molecule has 1 N–H and O–H groups in total. The maximum Gasteiger partial charge on any atom is 0.248 e. The molecule has 0 bridgehead atoms. The van der Waals surface area contributed by atoms with Crippen LogP contribution in [0, 0.1) is 0 Å². The molecular formula is C26H29N3O. The van der Waals surface area contributed by atoms with Crippen LogP contribution in [-0.2, 0) is 4.79 Å². The lowest BCUT2D eigenvalue weighted by Crippen LogP contribution is -2.19. The molecule has 0 saturated heterocycles. The summed E-state index contributed by atoms with van der Waals surface area (Å²) in [7, 11) is 2.08. The van der Waals surface area contributed by atoms with Crippen LogP contribution in [0.5, 0.6) is 0 Å². The third-order valence-electron chi connectivity index (χ3n) is 4.92. The molecule has 30 heavy (non-hydrogen) atoms. The second-order valence-corrected chi connectivity index (χ2v) is 7.35. The first kappa shape index (κ1) is 21.3. The predicted molar refractivity (Wildman–Crippen MR) is 127 cm³/mol. The summed E-state index contributed by atoms with van der Waals surface area (Å²) in [4.78, 5) is 19.0. The summed E-state index contributed by atoms with van der Waals surface area (Å²) in [5, 5.41) is 2.94. The number of unbranched alkanes of at least 4 members (excludes halogenated alkanes) is 2. The highest BCUT2D eigenvalue weighted by Gasteiger charge is 2.06. The molecule has 154 valence electrons. The monoisotopic (exact) mass is 399 g/mol. The number of carbonyl (C=O) groups excluding carboxylic acids is 1. The molecule has 1 heterocycles. The quantitative estimate of drug-likeness (QED) is 0.353. The summed E-state index contributed by atoms with van der Waals surface area (Å²) in [6.45, 7) is 3.20. The molecular weight excluding hydrogens is 370 g/mol. The van der Waals surface area contributed by atoms with Crippen LogP contribution in [0.1, 0.15) is 31.7 Å². The van der Waals surface area contributed by atoms with Crippen LogP contribution in [-0.4, -0.2) is 24.5 Å². The van der Waals surface area contributed by atoms with Crippen molar-refractivity contribution < 1.29 is 4.79 Å². The second-order valence-electron chi connectivity index (χ2n) is 7.35. The molecule has 0 spiro atoms. The molecule has 0 aliphatic rings. The van der Waals surface area contributed by atoms with E-state index < -0.39 is 0 Å². The van der Waals surface area contributed by atoms with Gasteiger partial charge in [-0.25, -0.2) is 4.98 Å². The van der Waals surface area contributed by atoms with E-state index in [4.69, 9.17) is 0 Å². The van der Waals surface area contributed by atoms with Gasteiger partial charge in [-0.1, -0.05) is 62.2 Å². The number of hydrogen-bond acceptors (Lipinski definition) is 3. The fourth-order valence-corrected chi connectivity index (χ4v) is 3.22. The first-order valence-electron chi connectivity index (χ1n) is 10.5. The van der Waals surface area contributed by atoms with Gasteiger partial charge in [0.15, 0.2) is 0 Å². The van der Waals surface area contributed by atoms with Gasteiger partial charge in [-0.2, -0.15) is 0 Å². The van der Waals surface area contributed by atoms with E-state index >= 15 is 0 Å². The summed E-state index contributed by atoms with van der Waals surface area (Å²) in [5.41, 5.74) is 3.89. The van der Waals surface area contributed by atoms with Crippen LogP contribution in [0.2, 0.25) is 0 Å². The van der Waals surface area contributed by atoms with Gasteiger partial charge < -0.3 is 10.2 Å². The number of carbonyl (C=O) groups is 1. The number of rotatable bonds is 9. The van der Waals surface area contributed by atoms with Crippen LogP contribution in [0.4, 0.5) is 11.5 Å². The van der Waals surface area contributed by atoms with Crippen LogP contribution in [0.25, 0.3) is 17.2 Å². The first-order chi connectivity index (χ1) is 14.7. The Morgan fingerprint density at radius 3 is 2.60 bits per heavy atom. The number of benzene rings is 2. The van der Waals surface area contributed by atoms with Crippen molar-refractivity contribution in [1.29, 1.82) is 0 Å².